The highest BCUT2D eigenvalue weighted by Gasteiger charge is 2.12. The molecule has 5 heteroatoms. The summed E-state index contributed by atoms with van der Waals surface area (Å²) in [6, 6.07) is 15.1. The first-order chi connectivity index (χ1) is 11.1. The maximum absolute atomic E-state index is 11.8. The number of carbonyl (C=O) groups excluding carboxylic acids is 2. The van der Waals surface area contributed by atoms with E-state index in [1.165, 1.54) is 0 Å². The summed E-state index contributed by atoms with van der Waals surface area (Å²) in [7, 11) is 1.58. The van der Waals surface area contributed by atoms with Gasteiger partial charge in [-0.1, -0.05) is 42.0 Å². The van der Waals surface area contributed by atoms with Gasteiger partial charge in [-0.05, 0) is 30.2 Å². The number of ether oxygens (including phenoxy) is 1. The predicted molar refractivity (Wildman–Crippen MR) is 87.9 cm³/mol. The molecule has 0 radical (unpaired) electrons. The third-order valence-corrected chi connectivity index (χ3v) is 3.37. The molecule has 0 aliphatic rings. The van der Waals surface area contributed by atoms with E-state index in [0.29, 0.717) is 12.3 Å². The molecule has 0 aromatic heterocycles. The van der Waals surface area contributed by atoms with Crippen LogP contribution in [0.2, 0.25) is 0 Å². The second-order valence-corrected chi connectivity index (χ2v) is 5.20. The van der Waals surface area contributed by atoms with Crippen molar-refractivity contribution in [3.8, 4) is 5.75 Å². The van der Waals surface area contributed by atoms with Crippen LogP contribution in [0.25, 0.3) is 0 Å². The minimum atomic E-state index is -0.653. The van der Waals surface area contributed by atoms with Crippen molar-refractivity contribution in [3.05, 3.63) is 65.2 Å². The second-order valence-electron chi connectivity index (χ2n) is 5.20. The zero-order chi connectivity index (χ0) is 16.7. The molecule has 5 nitrogen and oxygen atoms in total. The monoisotopic (exact) mass is 312 g/mol. The number of aryl methyl sites for hydroxylation is 1. The molecule has 0 spiro atoms. The molecule has 2 amide bonds. The maximum Gasteiger partial charge on any atom is 0.309 e. The van der Waals surface area contributed by atoms with Gasteiger partial charge in [0, 0.05) is 13.1 Å². The van der Waals surface area contributed by atoms with Gasteiger partial charge in [-0.2, -0.15) is 0 Å². The summed E-state index contributed by atoms with van der Waals surface area (Å²) in [5, 5.41) is 5.19. The Kier molecular flexibility index (Phi) is 5.74. The van der Waals surface area contributed by atoms with Crippen LogP contribution in [0, 0.1) is 6.92 Å². The summed E-state index contributed by atoms with van der Waals surface area (Å²) >= 11 is 0. The highest BCUT2D eigenvalue weighted by atomic mass is 16.5. The van der Waals surface area contributed by atoms with Gasteiger partial charge in [0.1, 0.15) is 5.75 Å². The van der Waals surface area contributed by atoms with Gasteiger partial charge in [0.2, 0.25) is 0 Å². The molecule has 2 rings (SSSR count). The molecule has 0 aliphatic carbocycles. The van der Waals surface area contributed by atoms with E-state index in [-0.39, 0.29) is 6.54 Å². The highest BCUT2D eigenvalue weighted by Crippen LogP contribution is 2.12. The van der Waals surface area contributed by atoms with Gasteiger partial charge in [0.25, 0.3) is 0 Å². The van der Waals surface area contributed by atoms with Crippen LogP contribution in [0.15, 0.2) is 48.5 Å². The number of benzene rings is 2. The lowest BCUT2D eigenvalue weighted by Gasteiger charge is -2.08. The van der Waals surface area contributed by atoms with E-state index in [1.807, 2.05) is 55.5 Å². The number of methoxy groups -OCH3 is 1. The summed E-state index contributed by atoms with van der Waals surface area (Å²) < 4.78 is 5.11. The molecule has 2 N–H and O–H groups in total. The molecule has 0 saturated heterocycles. The Morgan fingerprint density at radius 3 is 2.13 bits per heavy atom. The van der Waals surface area contributed by atoms with Crippen molar-refractivity contribution < 1.29 is 14.3 Å². The molecule has 0 unspecified atom stereocenters. The number of hydrogen-bond donors (Lipinski definition) is 2. The fourth-order valence-corrected chi connectivity index (χ4v) is 2.01. The van der Waals surface area contributed by atoms with E-state index in [9.17, 15) is 9.59 Å². The zero-order valence-electron chi connectivity index (χ0n) is 13.3. The Labute approximate surface area is 135 Å². The van der Waals surface area contributed by atoms with E-state index in [1.54, 1.807) is 7.11 Å². The standard InChI is InChI=1S/C18H20N2O3/c1-13-6-8-14(9-7-13)11-19-17(21)18(22)20-12-15-4-3-5-16(10-15)23-2/h3-10H,11-12H2,1-2H3,(H,19,21)(H,20,22). The van der Waals surface area contributed by atoms with Crippen LogP contribution >= 0.6 is 0 Å². The molecule has 0 aliphatic heterocycles. The van der Waals surface area contributed by atoms with Crippen molar-refractivity contribution in [1.29, 1.82) is 0 Å². The van der Waals surface area contributed by atoms with Crippen molar-refractivity contribution in [1.82, 2.24) is 10.6 Å². The summed E-state index contributed by atoms with van der Waals surface area (Å²) in [5.41, 5.74) is 2.96. The van der Waals surface area contributed by atoms with E-state index >= 15 is 0 Å². The normalized spacial score (nSPS) is 10.0. The van der Waals surface area contributed by atoms with Crippen LogP contribution in [-0.4, -0.2) is 18.9 Å². The van der Waals surface area contributed by atoms with E-state index in [0.717, 1.165) is 16.7 Å². The Balaban J connectivity index is 1.80. The summed E-state index contributed by atoms with van der Waals surface area (Å²) in [5.74, 6) is -0.589. The van der Waals surface area contributed by atoms with Crippen LogP contribution in [0.3, 0.4) is 0 Å². The largest absolute Gasteiger partial charge is 0.497 e. The van der Waals surface area contributed by atoms with Crippen LogP contribution in [0.4, 0.5) is 0 Å². The van der Waals surface area contributed by atoms with Gasteiger partial charge in [0.05, 0.1) is 7.11 Å². The molecule has 0 heterocycles. The Morgan fingerprint density at radius 2 is 1.52 bits per heavy atom. The quantitative estimate of drug-likeness (QED) is 0.829. The van der Waals surface area contributed by atoms with Crippen molar-refractivity contribution in [2.45, 2.75) is 20.0 Å². The molecular formula is C18H20N2O3. The fraction of sp³-hybridized carbons (Fsp3) is 0.222. The lowest BCUT2D eigenvalue weighted by atomic mass is 10.1. The average molecular weight is 312 g/mol. The van der Waals surface area contributed by atoms with Gasteiger partial charge in [-0.25, -0.2) is 0 Å². The highest BCUT2D eigenvalue weighted by molar-refractivity contribution is 6.35. The van der Waals surface area contributed by atoms with Crippen molar-refractivity contribution in [3.63, 3.8) is 0 Å². The minimum Gasteiger partial charge on any atom is -0.497 e. The molecular weight excluding hydrogens is 292 g/mol. The van der Waals surface area contributed by atoms with Crippen LogP contribution in [0.1, 0.15) is 16.7 Å². The molecule has 0 saturated carbocycles. The lowest BCUT2D eigenvalue weighted by molar-refractivity contribution is -0.139. The fourth-order valence-electron chi connectivity index (χ4n) is 2.01. The first-order valence-electron chi connectivity index (χ1n) is 7.33. The molecule has 2 aromatic rings. The number of rotatable bonds is 5. The Hall–Kier alpha value is -2.82. The Morgan fingerprint density at radius 1 is 0.913 bits per heavy atom. The zero-order valence-corrected chi connectivity index (χ0v) is 13.3. The van der Waals surface area contributed by atoms with Gasteiger partial charge >= 0.3 is 11.8 Å². The van der Waals surface area contributed by atoms with Crippen molar-refractivity contribution >= 4 is 11.8 Å². The first kappa shape index (κ1) is 16.5. The SMILES string of the molecule is COc1cccc(CNC(=O)C(=O)NCc2ccc(C)cc2)c1. The summed E-state index contributed by atoms with van der Waals surface area (Å²) in [6.07, 6.45) is 0. The van der Waals surface area contributed by atoms with Crippen LogP contribution in [0.5, 0.6) is 5.75 Å². The molecule has 120 valence electrons. The first-order valence-corrected chi connectivity index (χ1v) is 7.33. The van der Waals surface area contributed by atoms with Crippen molar-refractivity contribution in [2.75, 3.05) is 7.11 Å². The van der Waals surface area contributed by atoms with Gasteiger partial charge in [-0.3, -0.25) is 9.59 Å². The molecule has 0 atom stereocenters. The third kappa shape index (κ3) is 5.14. The lowest BCUT2D eigenvalue weighted by Crippen LogP contribution is -2.39. The predicted octanol–water partition coefficient (Wildman–Crippen LogP) is 1.94. The topological polar surface area (TPSA) is 67.4 Å². The maximum atomic E-state index is 11.8. The second kappa shape index (κ2) is 7.98. The van der Waals surface area contributed by atoms with Gasteiger partial charge in [0.15, 0.2) is 0 Å². The average Bonchev–Trinajstić information content (AvgIpc) is 2.59. The smallest absolute Gasteiger partial charge is 0.309 e. The molecule has 0 bridgehead atoms. The van der Waals surface area contributed by atoms with E-state index in [4.69, 9.17) is 4.74 Å². The van der Waals surface area contributed by atoms with Gasteiger partial charge < -0.3 is 15.4 Å². The number of carbonyl (C=O) groups is 2. The summed E-state index contributed by atoms with van der Waals surface area (Å²) in [6.45, 7) is 2.59. The van der Waals surface area contributed by atoms with Crippen LogP contribution < -0.4 is 15.4 Å². The third-order valence-electron chi connectivity index (χ3n) is 3.37. The van der Waals surface area contributed by atoms with Crippen molar-refractivity contribution in [2.24, 2.45) is 0 Å². The van der Waals surface area contributed by atoms with Gasteiger partial charge in [-0.15, -0.1) is 0 Å². The molecule has 0 fully saturated rings. The number of amides is 2. The molecule has 23 heavy (non-hydrogen) atoms. The van der Waals surface area contributed by atoms with Crippen LogP contribution in [-0.2, 0) is 22.7 Å². The molecule has 2 aromatic carbocycles. The summed E-state index contributed by atoms with van der Waals surface area (Å²) in [4.78, 5) is 23.6. The van der Waals surface area contributed by atoms with E-state index < -0.39 is 11.8 Å². The Bertz CT molecular complexity index is 681. The minimum absolute atomic E-state index is 0.272. The van der Waals surface area contributed by atoms with E-state index in [2.05, 4.69) is 10.6 Å². The number of nitrogens with one attached hydrogen (secondary N) is 2. The number of hydrogen-bond acceptors (Lipinski definition) is 3.